The first kappa shape index (κ1) is 31.0. The summed E-state index contributed by atoms with van der Waals surface area (Å²) in [7, 11) is -4.25. The number of carbonyl (C=O) groups excluding carboxylic acids is 3. The monoisotopic (exact) mass is 656 g/mol. The smallest absolute Gasteiger partial charge is 0.360 e. The van der Waals surface area contributed by atoms with Gasteiger partial charge in [0.05, 0.1) is 33.5 Å². The quantitative estimate of drug-likeness (QED) is 0.230. The molecule has 6 rings (SSSR count). The van der Waals surface area contributed by atoms with Crippen LogP contribution >= 0.6 is 11.6 Å². The molecule has 0 atom stereocenters. The second-order valence-corrected chi connectivity index (χ2v) is 12.9. The predicted molar refractivity (Wildman–Crippen MR) is 173 cm³/mol. The van der Waals surface area contributed by atoms with Gasteiger partial charge in [-0.1, -0.05) is 66.2 Å². The number of carbonyl (C=O) groups is 3. The van der Waals surface area contributed by atoms with Crippen LogP contribution in [-0.2, 0) is 27.7 Å². The maximum atomic E-state index is 14.2. The third-order valence-corrected chi connectivity index (χ3v) is 9.69. The van der Waals surface area contributed by atoms with E-state index in [2.05, 4.69) is 9.82 Å². The number of esters is 1. The van der Waals surface area contributed by atoms with Crippen LogP contribution in [0.4, 0.5) is 0 Å². The fraction of sp³-hybridized carbons (Fsp3) is 0.176. The lowest BCUT2D eigenvalue weighted by Crippen LogP contribution is -2.37. The molecule has 0 saturated heterocycles. The van der Waals surface area contributed by atoms with E-state index < -0.39 is 27.8 Å². The average Bonchev–Trinajstić information content (AvgIpc) is 3.36. The van der Waals surface area contributed by atoms with Gasteiger partial charge in [0.1, 0.15) is 0 Å². The van der Waals surface area contributed by atoms with Crippen molar-refractivity contribution in [2.45, 2.75) is 31.7 Å². The second kappa shape index (κ2) is 12.4. The number of nitrogens with one attached hydrogen (secondary N) is 1. The third-order valence-electron chi connectivity index (χ3n) is 7.91. The Bertz CT molecular complexity index is 2140. The van der Waals surface area contributed by atoms with Crippen LogP contribution in [0.15, 0.2) is 89.8 Å². The minimum Gasteiger partial charge on any atom is -0.461 e. The van der Waals surface area contributed by atoms with Crippen LogP contribution in [0, 0.1) is 6.92 Å². The third kappa shape index (κ3) is 5.86. The van der Waals surface area contributed by atoms with E-state index in [1.165, 1.54) is 35.0 Å². The Kier molecular flexibility index (Phi) is 8.37. The molecule has 0 aliphatic carbocycles. The van der Waals surface area contributed by atoms with Gasteiger partial charge in [-0.25, -0.2) is 22.6 Å². The van der Waals surface area contributed by atoms with Crippen molar-refractivity contribution in [1.29, 1.82) is 0 Å². The van der Waals surface area contributed by atoms with Crippen LogP contribution in [0.1, 0.15) is 54.9 Å². The van der Waals surface area contributed by atoms with Crippen molar-refractivity contribution >= 4 is 50.2 Å². The van der Waals surface area contributed by atoms with Gasteiger partial charge in [0.2, 0.25) is 0 Å². The summed E-state index contributed by atoms with van der Waals surface area (Å²) in [4.78, 5) is 41.7. The van der Waals surface area contributed by atoms with Crippen LogP contribution < -0.4 is 4.72 Å². The normalized spacial score (nSPS) is 12.9. The highest BCUT2D eigenvalue weighted by Gasteiger charge is 2.29. The maximum absolute atomic E-state index is 14.2. The maximum Gasteiger partial charge on any atom is 0.360 e. The van der Waals surface area contributed by atoms with Gasteiger partial charge in [-0.05, 0) is 72.5 Å². The first-order chi connectivity index (χ1) is 22.1. The van der Waals surface area contributed by atoms with Crippen molar-refractivity contribution in [3.05, 3.63) is 124 Å². The fourth-order valence-corrected chi connectivity index (χ4v) is 6.70. The highest BCUT2D eigenvalue weighted by atomic mass is 35.5. The second-order valence-electron chi connectivity index (χ2n) is 10.8. The average molecular weight is 657 g/mol. The topological polar surface area (TPSA) is 128 Å². The first-order valence-electron chi connectivity index (χ1n) is 14.6. The first-order valence-corrected chi connectivity index (χ1v) is 16.4. The van der Waals surface area contributed by atoms with E-state index >= 15 is 0 Å². The molecule has 1 aromatic heterocycles. The Morgan fingerprint density at radius 1 is 0.935 bits per heavy atom. The fourth-order valence-electron chi connectivity index (χ4n) is 5.49. The van der Waals surface area contributed by atoms with Crippen LogP contribution in [0.3, 0.4) is 0 Å². The lowest BCUT2D eigenvalue weighted by Gasteiger charge is -2.29. The number of fused-ring (bicyclic) bond motifs is 2. The number of ether oxygens (including phenoxy) is 1. The summed E-state index contributed by atoms with van der Waals surface area (Å²) < 4.78 is 35.1. The van der Waals surface area contributed by atoms with E-state index in [4.69, 9.17) is 16.3 Å². The largest absolute Gasteiger partial charge is 0.461 e. The van der Waals surface area contributed by atoms with E-state index in [0.29, 0.717) is 30.6 Å². The lowest BCUT2D eigenvalue weighted by molar-refractivity contribution is 0.0518. The molecule has 0 fully saturated rings. The van der Waals surface area contributed by atoms with E-state index in [1.807, 2.05) is 36.4 Å². The number of hydrogen-bond donors (Lipinski definition) is 1. The van der Waals surface area contributed by atoms with Crippen LogP contribution in [0.25, 0.3) is 16.5 Å². The Labute approximate surface area is 270 Å². The van der Waals surface area contributed by atoms with Gasteiger partial charge in [0.25, 0.3) is 21.8 Å². The number of hydrogen-bond acceptors (Lipinski definition) is 7. The highest BCUT2D eigenvalue weighted by molar-refractivity contribution is 7.90. The number of sulfonamides is 1. The number of nitrogens with zero attached hydrogens (tertiary/aromatic N) is 3. The summed E-state index contributed by atoms with van der Waals surface area (Å²) in [6, 6.07) is 23.9. The molecule has 12 heteroatoms. The van der Waals surface area contributed by atoms with Gasteiger partial charge in [0, 0.05) is 18.7 Å². The number of amides is 2. The molecule has 1 N–H and O–H groups in total. The number of aromatic nitrogens is 2. The van der Waals surface area contributed by atoms with E-state index in [9.17, 15) is 22.8 Å². The Balaban J connectivity index is 1.38. The van der Waals surface area contributed by atoms with Crippen LogP contribution in [-0.4, -0.2) is 54.0 Å². The molecule has 1 aliphatic rings. The molecule has 5 aromatic rings. The Morgan fingerprint density at radius 2 is 1.65 bits per heavy atom. The van der Waals surface area contributed by atoms with Gasteiger partial charge in [-0.3, -0.25) is 9.59 Å². The zero-order valence-electron chi connectivity index (χ0n) is 25.0. The Morgan fingerprint density at radius 3 is 2.41 bits per heavy atom. The van der Waals surface area contributed by atoms with E-state index in [0.717, 1.165) is 16.5 Å². The molecule has 0 radical (unpaired) electrons. The standard InChI is InChI=1S/C34H29ClN4O6S/c1-3-45-34(42)31-30(35)21(2)39(36-31)29-15-13-25(19-28(29)33(41)38-17-16-23-9-5-7-11-26(23)20-38)32(40)37-46(43,44)27-14-12-22-8-4-6-10-24(22)18-27/h4-15,18-19H,3,16-17,20H2,1-2H3,(H,37,40). The molecule has 0 saturated carbocycles. The zero-order chi connectivity index (χ0) is 32.6. The summed E-state index contributed by atoms with van der Waals surface area (Å²) in [5, 5.41) is 5.98. The molecule has 234 valence electrons. The van der Waals surface area contributed by atoms with E-state index in [1.54, 1.807) is 36.9 Å². The summed E-state index contributed by atoms with van der Waals surface area (Å²) in [6.45, 7) is 4.18. The molecular weight excluding hydrogens is 628 g/mol. The van der Waals surface area contributed by atoms with Gasteiger partial charge in [-0.15, -0.1) is 0 Å². The minimum atomic E-state index is -4.25. The summed E-state index contributed by atoms with van der Waals surface area (Å²) >= 11 is 6.47. The summed E-state index contributed by atoms with van der Waals surface area (Å²) in [6.07, 6.45) is 0.640. The van der Waals surface area contributed by atoms with Crippen molar-refractivity contribution < 1.29 is 27.5 Å². The van der Waals surface area contributed by atoms with Gasteiger partial charge < -0.3 is 9.64 Å². The van der Waals surface area contributed by atoms with Gasteiger partial charge >= 0.3 is 5.97 Å². The number of benzene rings is 4. The van der Waals surface area contributed by atoms with Crippen molar-refractivity contribution in [2.75, 3.05) is 13.2 Å². The Hall–Kier alpha value is -5.00. The van der Waals surface area contributed by atoms with Crippen molar-refractivity contribution in [3.8, 4) is 5.69 Å². The SMILES string of the molecule is CCOC(=O)c1nn(-c2ccc(C(=O)NS(=O)(=O)c3ccc4ccccc4c3)cc2C(=O)N2CCc3ccccc3C2)c(C)c1Cl. The highest BCUT2D eigenvalue weighted by Crippen LogP contribution is 2.29. The van der Waals surface area contributed by atoms with Crippen molar-refractivity contribution in [2.24, 2.45) is 0 Å². The van der Waals surface area contributed by atoms with Crippen molar-refractivity contribution in [3.63, 3.8) is 0 Å². The number of rotatable bonds is 7. The summed E-state index contributed by atoms with van der Waals surface area (Å²) in [5.41, 5.74) is 2.68. The van der Waals surface area contributed by atoms with Crippen LogP contribution in [0.5, 0.6) is 0 Å². The van der Waals surface area contributed by atoms with Crippen molar-refractivity contribution in [1.82, 2.24) is 19.4 Å². The zero-order valence-corrected chi connectivity index (χ0v) is 26.6. The van der Waals surface area contributed by atoms with E-state index in [-0.39, 0.29) is 39.0 Å². The molecule has 10 nitrogen and oxygen atoms in total. The molecule has 1 aliphatic heterocycles. The van der Waals surface area contributed by atoms with Gasteiger partial charge in [0.15, 0.2) is 5.69 Å². The predicted octanol–water partition coefficient (Wildman–Crippen LogP) is 5.48. The molecule has 2 amide bonds. The molecule has 0 spiro atoms. The molecule has 0 unspecified atom stereocenters. The molecule has 46 heavy (non-hydrogen) atoms. The number of halogens is 1. The molecule has 2 heterocycles. The van der Waals surface area contributed by atoms with Crippen LogP contribution in [0.2, 0.25) is 5.02 Å². The molecule has 4 aromatic carbocycles. The summed E-state index contributed by atoms with van der Waals surface area (Å²) in [5.74, 6) is -2.04. The van der Waals surface area contributed by atoms with Gasteiger partial charge in [-0.2, -0.15) is 5.10 Å². The molecular formula is C34H29ClN4O6S. The lowest BCUT2D eigenvalue weighted by atomic mass is 9.98. The molecule has 0 bridgehead atoms. The minimum absolute atomic E-state index is 0.0598.